The van der Waals surface area contributed by atoms with E-state index in [9.17, 15) is 4.79 Å². The largest absolute Gasteiger partial charge is 0.423 e. The van der Waals surface area contributed by atoms with Crippen LogP contribution in [0.1, 0.15) is 15.9 Å². The lowest BCUT2D eigenvalue weighted by atomic mass is 10.2. The first kappa shape index (κ1) is 10.9. The monoisotopic (exact) mass is 223 g/mol. The van der Waals surface area contributed by atoms with E-state index >= 15 is 0 Å². The van der Waals surface area contributed by atoms with Gasteiger partial charge in [0.2, 0.25) is 0 Å². The van der Waals surface area contributed by atoms with E-state index in [1.165, 1.54) is 6.07 Å². The van der Waals surface area contributed by atoms with Gasteiger partial charge >= 0.3 is 5.97 Å². The zero-order valence-electron chi connectivity index (χ0n) is 8.96. The first-order valence-corrected chi connectivity index (χ1v) is 5.07. The molecule has 2 aromatic carbocycles. The molecule has 0 saturated heterocycles. The second-order valence-electron chi connectivity index (χ2n) is 3.40. The summed E-state index contributed by atoms with van der Waals surface area (Å²) in [5, 5.41) is 8.72. The standard InChI is InChI=1S/C14H9NO2/c15-10-11-5-4-8-13(9-11)17-14(16)12-6-2-1-3-7-12/h1-9H. The molecule has 0 aliphatic carbocycles. The van der Waals surface area contributed by atoms with Crippen molar-refractivity contribution in [1.82, 2.24) is 0 Å². The molecule has 0 N–H and O–H groups in total. The number of esters is 1. The second-order valence-corrected chi connectivity index (χ2v) is 3.40. The molecule has 0 unspecified atom stereocenters. The average molecular weight is 223 g/mol. The summed E-state index contributed by atoms with van der Waals surface area (Å²) in [6, 6.07) is 17.2. The number of hydrogen-bond acceptors (Lipinski definition) is 3. The van der Waals surface area contributed by atoms with Crippen LogP contribution < -0.4 is 4.74 Å². The van der Waals surface area contributed by atoms with Crippen molar-refractivity contribution >= 4 is 5.97 Å². The van der Waals surface area contributed by atoms with Gasteiger partial charge in [0.15, 0.2) is 0 Å². The third kappa shape index (κ3) is 2.70. The molecule has 0 amide bonds. The van der Waals surface area contributed by atoms with Crippen molar-refractivity contribution in [2.45, 2.75) is 0 Å². The van der Waals surface area contributed by atoms with Crippen molar-refractivity contribution in [3.05, 3.63) is 65.7 Å². The highest BCUT2D eigenvalue weighted by Gasteiger charge is 2.07. The van der Waals surface area contributed by atoms with Gasteiger partial charge in [-0.25, -0.2) is 4.79 Å². The van der Waals surface area contributed by atoms with Crippen molar-refractivity contribution in [2.75, 3.05) is 0 Å². The van der Waals surface area contributed by atoms with E-state index in [-0.39, 0.29) is 0 Å². The van der Waals surface area contributed by atoms with Crippen molar-refractivity contribution in [1.29, 1.82) is 5.26 Å². The van der Waals surface area contributed by atoms with Gasteiger partial charge in [-0.05, 0) is 30.3 Å². The molecule has 3 heteroatoms. The second kappa shape index (κ2) is 4.95. The number of carbonyl (C=O) groups excluding carboxylic acids is 1. The predicted octanol–water partition coefficient (Wildman–Crippen LogP) is 2.78. The van der Waals surface area contributed by atoms with Gasteiger partial charge in [-0.15, -0.1) is 0 Å². The van der Waals surface area contributed by atoms with Crippen LogP contribution in [0.5, 0.6) is 5.75 Å². The average Bonchev–Trinajstić information content (AvgIpc) is 2.40. The zero-order chi connectivity index (χ0) is 12.1. The Morgan fingerprint density at radius 3 is 2.53 bits per heavy atom. The van der Waals surface area contributed by atoms with Crippen LogP contribution in [-0.2, 0) is 0 Å². The van der Waals surface area contributed by atoms with Crippen molar-refractivity contribution in [2.24, 2.45) is 0 Å². The van der Waals surface area contributed by atoms with E-state index in [1.807, 2.05) is 12.1 Å². The first-order chi connectivity index (χ1) is 8.29. The Morgan fingerprint density at radius 1 is 1.06 bits per heavy atom. The van der Waals surface area contributed by atoms with Crippen LogP contribution in [-0.4, -0.2) is 5.97 Å². The zero-order valence-corrected chi connectivity index (χ0v) is 8.96. The van der Waals surface area contributed by atoms with Crippen LogP contribution in [0.2, 0.25) is 0 Å². The van der Waals surface area contributed by atoms with Crippen LogP contribution in [0.25, 0.3) is 0 Å². The molecule has 17 heavy (non-hydrogen) atoms. The Morgan fingerprint density at radius 2 is 1.82 bits per heavy atom. The lowest BCUT2D eigenvalue weighted by Gasteiger charge is -2.03. The molecule has 0 spiro atoms. The fourth-order valence-electron chi connectivity index (χ4n) is 1.37. The van der Waals surface area contributed by atoms with Gasteiger partial charge in [0.1, 0.15) is 5.75 Å². The highest BCUT2D eigenvalue weighted by molar-refractivity contribution is 5.90. The third-order valence-corrected chi connectivity index (χ3v) is 2.18. The maximum Gasteiger partial charge on any atom is 0.343 e. The maximum absolute atomic E-state index is 11.7. The van der Waals surface area contributed by atoms with Crippen LogP contribution in [0.4, 0.5) is 0 Å². The van der Waals surface area contributed by atoms with Gasteiger partial charge in [0, 0.05) is 0 Å². The fourth-order valence-corrected chi connectivity index (χ4v) is 1.37. The van der Waals surface area contributed by atoms with Crippen LogP contribution in [0, 0.1) is 11.3 Å². The highest BCUT2D eigenvalue weighted by atomic mass is 16.5. The molecule has 2 aromatic rings. The van der Waals surface area contributed by atoms with Crippen molar-refractivity contribution in [3.8, 4) is 11.8 Å². The van der Waals surface area contributed by atoms with Crippen LogP contribution >= 0.6 is 0 Å². The molecule has 0 aliphatic heterocycles. The Balaban J connectivity index is 2.17. The van der Waals surface area contributed by atoms with Gasteiger partial charge in [-0.3, -0.25) is 0 Å². The number of rotatable bonds is 2. The minimum absolute atomic E-state index is 0.373. The molecular formula is C14H9NO2. The van der Waals surface area contributed by atoms with Gasteiger partial charge in [0.25, 0.3) is 0 Å². The van der Waals surface area contributed by atoms with Crippen molar-refractivity contribution in [3.63, 3.8) is 0 Å². The first-order valence-electron chi connectivity index (χ1n) is 5.07. The smallest absolute Gasteiger partial charge is 0.343 e. The molecule has 0 bridgehead atoms. The normalized spacial score (nSPS) is 9.35. The maximum atomic E-state index is 11.7. The number of nitrogens with zero attached hydrogens (tertiary/aromatic N) is 1. The highest BCUT2D eigenvalue weighted by Crippen LogP contribution is 2.14. The quantitative estimate of drug-likeness (QED) is 0.581. The molecule has 0 radical (unpaired) electrons. The molecule has 2 rings (SSSR count). The summed E-state index contributed by atoms with van der Waals surface area (Å²) in [5.74, 6) is -0.0569. The van der Waals surface area contributed by atoms with E-state index in [1.54, 1.807) is 42.5 Å². The van der Waals surface area contributed by atoms with Gasteiger partial charge in [-0.1, -0.05) is 24.3 Å². The summed E-state index contributed by atoms with van der Waals surface area (Å²) in [7, 11) is 0. The molecule has 82 valence electrons. The summed E-state index contributed by atoms with van der Waals surface area (Å²) in [5.41, 5.74) is 0.943. The fraction of sp³-hybridized carbons (Fsp3) is 0. The molecule has 0 fully saturated rings. The van der Waals surface area contributed by atoms with E-state index in [4.69, 9.17) is 10.00 Å². The van der Waals surface area contributed by atoms with E-state index in [0.717, 1.165) is 0 Å². The van der Waals surface area contributed by atoms with E-state index in [0.29, 0.717) is 16.9 Å². The minimum atomic E-state index is -0.430. The van der Waals surface area contributed by atoms with Crippen LogP contribution in [0.3, 0.4) is 0 Å². The summed E-state index contributed by atoms with van der Waals surface area (Å²) in [4.78, 5) is 11.7. The molecule has 0 aromatic heterocycles. The van der Waals surface area contributed by atoms with Gasteiger partial charge < -0.3 is 4.74 Å². The Labute approximate surface area is 98.9 Å². The van der Waals surface area contributed by atoms with E-state index in [2.05, 4.69) is 0 Å². The lowest BCUT2D eigenvalue weighted by molar-refractivity contribution is 0.0735. The summed E-state index contributed by atoms with van der Waals surface area (Å²) < 4.78 is 5.15. The van der Waals surface area contributed by atoms with Crippen molar-refractivity contribution < 1.29 is 9.53 Å². The number of ether oxygens (including phenoxy) is 1. The molecular weight excluding hydrogens is 214 g/mol. The summed E-state index contributed by atoms with van der Waals surface area (Å²) >= 11 is 0. The Bertz CT molecular complexity index is 570. The number of carbonyl (C=O) groups is 1. The van der Waals surface area contributed by atoms with E-state index < -0.39 is 5.97 Å². The van der Waals surface area contributed by atoms with Gasteiger partial charge in [0.05, 0.1) is 17.2 Å². The third-order valence-electron chi connectivity index (χ3n) is 2.18. The lowest BCUT2D eigenvalue weighted by Crippen LogP contribution is -2.08. The SMILES string of the molecule is N#Cc1cccc(OC(=O)c2ccccc2)c1. The number of benzene rings is 2. The minimum Gasteiger partial charge on any atom is -0.423 e. The topological polar surface area (TPSA) is 50.1 Å². The Kier molecular flexibility index (Phi) is 3.18. The van der Waals surface area contributed by atoms with Gasteiger partial charge in [-0.2, -0.15) is 5.26 Å². The molecule has 0 heterocycles. The molecule has 0 saturated carbocycles. The van der Waals surface area contributed by atoms with Crippen LogP contribution in [0.15, 0.2) is 54.6 Å². The summed E-state index contributed by atoms with van der Waals surface area (Å²) in [6.07, 6.45) is 0. The summed E-state index contributed by atoms with van der Waals surface area (Å²) in [6.45, 7) is 0. The number of nitriles is 1. The molecule has 0 atom stereocenters. The molecule has 0 aliphatic rings. The molecule has 3 nitrogen and oxygen atoms in total. The number of hydrogen-bond donors (Lipinski definition) is 0. The Hall–Kier alpha value is -2.60. The predicted molar refractivity (Wildman–Crippen MR) is 62.6 cm³/mol.